The van der Waals surface area contributed by atoms with Gasteiger partial charge in [0.25, 0.3) is 0 Å². The van der Waals surface area contributed by atoms with E-state index in [1.54, 1.807) is 0 Å². The number of aliphatic imine (C=N–C) groups is 2. The van der Waals surface area contributed by atoms with Gasteiger partial charge in [0, 0.05) is 0 Å². The molecule has 174 valence electrons. The molecule has 0 fully saturated rings. The van der Waals surface area contributed by atoms with Crippen LogP contribution < -0.4 is 0 Å². The molecule has 0 spiro atoms. The number of hydrogen-bond donors (Lipinski definition) is 0. The SMILES string of the molecule is C(=N\c1ccccc1Cc1ccccc1)/c1cccc(/C=N/c2ccccc2Cc2ccccc2)n1. The fourth-order valence-electron chi connectivity index (χ4n) is 4.09. The van der Waals surface area contributed by atoms with Crippen molar-refractivity contribution in [2.45, 2.75) is 12.8 Å². The monoisotopic (exact) mass is 465 g/mol. The first-order valence-corrected chi connectivity index (χ1v) is 12.1. The van der Waals surface area contributed by atoms with Gasteiger partial charge in [0.2, 0.25) is 0 Å². The highest BCUT2D eigenvalue weighted by Gasteiger charge is 2.03. The maximum Gasteiger partial charge on any atom is 0.0820 e. The Morgan fingerprint density at radius 3 is 1.33 bits per heavy atom. The van der Waals surface area contributed by atoms with Crippen molar-refractivity contribution in [3.05, 3.63) is 161 Å². The van der Waals surface area contributed by atoms with E-state index in [0.29, 0.717) is 0 Å². The topological polar surface area (TPSA) is 37.6 Å². The summed E-state index contributed by atoms with van der Waals surface area (Å²) in [6.45, 7) is 0. The van der Waals surface area contributed by atoms with E-state index in [9.17, 15) is 0 Å². The molecule has 0 saturated carbocycles. The van der Waals surface area contributed by atoms with E-state index in [0.717, 1.165) is 35.6 Å². The second kappa shape index (κ2) is 11.7. The number of aromatic nitrogens is 1. The fraction of sp³-hybridized carbons (Fsp3) is 0.0606. The van der Waals surface area contributed by atoms with E-state index in [-0.39, 0.29) is 0 Å². The Morgan fingerprint density at radius 1 is 0.444 bits per heavy atom. The first-order chi connectivity index (χ1) is 17.8. The molecule has 0 aliphatic rings. The first-order valence-electron chi connectivity index (χ1n) is 12.1. The first kappa shape index (κ1) is 23.1. The Bertz CT molecular complexity index is 1360. The summed E-state index contributed by atoms with van der Waals surface area (Å²) in [5, 5.41) is 0. The Hall–Kier alpha value is -4.63. The Kier molecular flexibility index (Phi) is 7.50. The van der Waals surface area contributed by atoms with Crippen LogP contribution in [-0.4, -0.2) is 17.4 Å². The van der Waals surface area contributed by atoms with Gasteiger partial charge >= 0.3 is 0 Å². The summed E-state index contributed by atoms with van der Waals surface area (Å²) in [5.74, 6) is 0. The molecule has 4 aromatic carbocycles. The lowest BCUT2D eigenvalue weighted by atomic mass is 10.0. The van der Waals surface area contributed by atoms with Gasteiger partial charge in [-0.05, 0) is 59.4 Å². The summed E-state index contributed by atoms with van der Waals surface area (Å²) in [5.41, 5.74) is 8.42. The molecular weight excluding hydrogens is 438 g/mol. The zero-order valence-corrected chi connectivity index (χ0v) is 20.0. The third-order valence-electron chi connectivity index (χ3n) is 5.92. The summed E-state index contributed by atoms with van der Waals surface area (Å²) in [6, 6.07) is 43.3. The van der Waals surface area contributed by atoms with E-state index < -0.39 is 0 Å². The zero-order chi connectivity index (χ0) is 24.4. The molecule has 3 nitrogen and oxygen atoms in total. The van der Waals surface area contributed by atoms with Crippen LogP contribution in [0.5, 0.6) is 0 Å². The lowest BCUT2D eigenvalue weighted by Crippen LogP contribution is -1.94. The summed E-state index contributed by atoms with van der Waals surface area (Å²) >= 11 is 0. The molecule has 36 heavy (non-hydrogen) atoms. The van der Waals surface area contributed by atoms with Crippen LogP contribution in [0.1, 0.15) is 33.6 Å². The van der Waals surface area contributed by atoms with Crippen LogP contribution in [0.2, 0.25) is 0 Å². The molecule has 0 aliphatic heterocycles. The Morgan fingerprint density at radius 2 is 0.861 bits per heavy atom. The standard InChI is InChI=1S/C33H27N3/c1-3-12-26(13-4-1)22-28-16-7-9-20-32(28)34-24-30-18-11-19-31(36-30)25-35-33-21-10-8-17-29(33)23-27-14-5-2-6-15-27/h1-21,24-25H,22-23H2/b34-24+,35-25+. The maximum atomic E-state index is 4.76. The second-order valence-corrected chi connectivity index (χ2v) is 8.59. The molecule has 1 heterocycles. The van der Waals surface area contributed by atoms with Crippen LogP contribution in [0.4, 0.5) is 11.4 Å². The molecule has 0 bridgehead atoms. The molecular formula is C33H27N3. The number of nitrogens with zero attached hydrogens (tertiary/aromatic N) is 3. The van der Waals surface area contributed by atoms with Crippen molar-refractivity contribution in [2.75, 3.05) is 0 Å². The summed E-state index contributed by atoms with van der Waals surface area (Å²) in [7, 11) is 0. The highest BCUT2D eigenvalue weighted by Crippen LogP contribution is 2.23. The summed E-state index contributed by atoms with van der Waals surface area (Å²) < 4.78 is 0. The van der Waals surface area contributed by atoms with Gasteiger partial charge in [0.05, 0.1) is 35.2 Å². The smallest absolute Gasteiger partial charge is 0.0820 e. The van der Waals surface area contributed by atoms with Crippen molar-refractivity contribution in [3.63, 3.8) is 0 Å². The lowest BCUT2D eigenvalue weighted by Gasteiger charge is -2.06. The molecule has 5 rings (SSSR count). The highest BCUT2D eigenvalue weighted by atomic mass is 14.8. The average Bonchev–Trinajstić information content (AvgIpc) is 2.93. The molecule has 0 saturated heterocycles. The van der Waals surface area contributed by atoms with E-state index in [1.165, 1.54) is 22.3 Å². The molecule has 0 radical (unpaired) electrons. The molecule has 3 heteroatoms. The van der Waals surface area contributed by atoms with Crippen molar-refractivity contribution in [3.8, 4) is 0 Å². The average molecular weight is 466 g/mol. The van der Waals surface area contributed by atoms with E-state index in [4.69, 9.17) is 15.0 Å². The van der Waals surface area contributed by atoms with Crippen LogP contribution in [0.15, 0.2) is 137 Å². The molecule has 1 aromatic heterocycles. The zero-order valence-electron chi connectivity index (χ0n) is 20.0. The van der Waals surface area contributed by atoms with Crippen molar-refractivity contribution >= 4 is 23.8 Å². The largest absolute Gasteiger partial charge is 0.254 e. The van der Waals surface area contributed by atoms with Crippen LogP contribution in [0, 0.1) is 0 Å². The molecule has 0 amide bonds. The molecule has 0 aliphatic carbocycles. The molecule has 0 N–H and O–H groups in total. The minimum Gasteiger partial charge on any atom is -0.254 e. The van der Waals surface area contributed by atoms with Crippen molar-refractivity contribution in [1.82, 2.24) is 4.98 Å². The third kappa shape index (κ3) is 6.28. The number of para-hydroxylation sites is 2. The van der Waals surface area contributed by atoms with Gasteiger partial charge in [-0.1, -0.05) is 103 Å². The number of benzene rings is 4. The van der Waals surface area contributed by atoms with Gasteiger partial charge in [-0.15, -0.1) is 0 Å². The van der Waals surface area contributed by atoms with Crippen LogP contribution in [-0.2, 0) is 12.8 Å². The Balaban J connectivity index is 1.32. The van der Waals surface area contributed by atoms with Gasteiger partial charge in [-0.3, -0.25) is 9.98 Å². The normalized spacial score (nSPS) is 11.3. The lowest BCUT2D eigenvalue weighted by molar-refractivity contribution is 1.18. The highest BCUT2D eigenvalue weighted by molar-refractivity contribution is 5.84. The predicted molar refractivity (Wildman–Crippen MR) is 150 cm³/mol. The molecule has 0 unspecified atom stereocenters. The fourth-order valence-corrected chi connectivity index (χ4v) is 4.09. The number of hydrogen-bond acceptors (Lipinski definition) is 3. The molecule has 5 aromatic rings. The van der Waals surface area contributed by atoms with Crippen molar-refractivity contribution in [1.29, 1.82) is 0 Å². The minimum absolute atomic E-state index is 0.797. The van der Waals surface area contributed by atoms with Crippen LogP contribution in [0.3, 0.4) is 0 Å². The van der Waals surface area contributed by atoms with Gasteiger partial charge < -0.3 is 0 Å². The van der Waals surface area contributed by atoms with Crippen molar-refractivity contribution < 1.29 is 0 Å². The van der Waals surface area contributed by atoms with Gasteiger partial charge in [-0.25, -0.2) is 4.98 Å². The van der Waals surface area contributed by atoms with Gasteiger partial charge in [-0.2, -0.15) is 0 Å². The second-order valence-electron chi connectivity index (χ2n) is 8.59. The van der Waals surface area contributed by atoms with E-state index in [1.807, 2.05) is 67.0 Å². The van der Waals surface area contributed by atoms with Gasteiger partial charge in [0.1, 0.15) is 0 Å². The number of rotatable bonds is 8. The predicted octanol–water partition coefficient (Wildman–Crippen LogP) is 7.76. The van der Waals surface area contributed by atoms with Crippen LogP contribution >= 0.6 is 0 Å². The van der Waals surface area contributed by atoms with Crippen LogP contribution in [0.25, 0.3) is 0 Å². The van der Waals surface area contributed by atoms with Gasteiger partial charge in [0.15, 0.2) is 0 Å². The molecule has 0 atom stereocenters. The summed E-state index contributed by atoms with van der Waals surface area (Å²) in [4.78, 5) is 14.3. The summed E-state index contributed by atoms with van der Waals surface area (Å²) in [6.07, 6.45) is 5.34. The maximum absolute atomic E-state index is 4.76. The quantitative estimate of drug-likeness (QED) is 0.216. The van der Waals surface area contributed by atoms with E-state index >= 15 is 0 Å². The minimum atomic E-state index is 0.797. The third-order valence-corrected chi connectivity index (χ3v) is 5.92. The Labute approximate surface area is 212 Å². The van der Waals surface area contributed by atoms with Crippen molar-refractivity contribution in [2.24, 2.45) is 9.98 Å². The van der Waals surface area contributed by atoms with E-state index in [2.05, 4.69) is 72.8 Å². The number of pyridine rings is 1.